The van der Waals surface area contributed by atoms with Gasteiger partial charge in [0, 0.05) is 0 Å². The second kappa shape index (κ2) is 7.23. The highest BCUT2D eigenvalue weighted by Crippen LogP contribution is 2.37. The average Bonchev–Trinajstić information content (AvgIpc) is 2.59. The molecule has 25 heavy (non-hydrogen) atoms. The van der Waals surface area contributed by atoms with Gasteiger partial charge in [0.15, 0.2) is 6.04 Å². The third kappa shape index (κ3) is 3.79. The topological polar surface area (TPSA) is 174 Å². The Bertz CT molecular complexity index is 826. The highest BCUT2D eigenvalue weighted by molar-refractivity contribution is 5.83. The van der Waals surface area contributed by atoms with Gasteiger partial charge in [-0.2, -0.15) is 0 Å². The number of benzene rings is 2. The van der Waals surface area contributed by atoms with Crippen molar-refractivity contribution < 1.29 is 19.7 Å². The molecule has 2 aromatic rings. The smallest absolute Gasteiger partial charge is 0.330 e. The lowest BCUT2D eigenvalue weighted by molar-refractivity contribution is -0.393. The van der Waals surface area contributed by atoms with Gasteiger partial charge in [0.05, 0.1) is 15.9 Å². The average molecular weight is 347 g/mol. The van der Waals surface area contributed by atoms with E-state index in [1.54, 1.807) is 18.2 Å². The molecule has 0 aliphatic rings. The largest absolute Gasteiger partial charge is 0.479 e. The first-order chi connectivity index (χ1) is 11.8. The van der Waals surface area contributed by atoms with Crippen LogP contribution < -0.4 is 16.6 Å². The highest BCUT2D eigenvalue weighted by Gasteiger charge is 2.28. The van der Waals surface area contributed by atoms with Crippen LogP contribution in [-0.4, -0.2) is 20.9 Å². The van der Waals surface area contributed by atoms with Gasteiger partial charge in [-0.15, -0.1) is 0 Å². The molecule has 1 atom stereocenters. The van der Waals surface area contributed by atoms with Crippen LogP contribution in [0.1, 0.15) is 11.6 Å². The lowest BCUT2D eigenvalue weighted by Crippen LogP contribution is -2.21. The Morgan fingerprint density at radius 2 is 1.60 bits per heavy atom. The fourth-order valence-corrected chi connectivity index (χ4v) is 2.20. The van der Waals surface area contributed by atoms with Crippen LogP contribution in [0.25, 0.3) is 0 Å². The molecule has 0 saturated carbocycles. The molecule has 0 aliphatic heterocycles. The van der Waals surface area contributed by atoms with E-state index in [2.05, 4.69) is 10.7 Å². The molecule has 0 saturated heterocycles. The van der Waals surface area contributed by atoms with E-state index in [9.17, 15) is 30.1 Å². The molecule has 2 aromatic carbocycles. The monoisotopic (exact) mass is 347 g/mol. The second-order valence-electron chi connectivity index (χ2n) is 4.87. The van der Waals surface area contributed by atoms with E-state index >= 15 is 0 Å². The molecule has 0 unspecified atom stereocenters. The number of hydrogen-bond acceptors (Lipinski definition) is 8. The van der Waals surface area contributed by atoms with Crippen LogP contribution in [-0.2, 0) is 4.79 Å². The van der Waals surface area contributed by atoms with E-state index in [0.29, 0.717) is 11.6 Å². The van der Waals surface area contributed by atoms with Crippen molar-refractivity contribution >= 4 is 28.7 Å². The van der Waals surface area contributed by atoms with Gasteiger partial charge >= 0.3 is 11.7 Å². The van der Waals surface area contributed by atoms with Gasteiger partial charge in [-0.3, -0.25) is 26.1 Å². The zero-order valence-corrected chi connectivity index (χ0v) is 12.6. The summed E-state index contributed by atoms with van der Waals surface area (Å²) in [5.41, 5.74) is 0.754. The van der Waals surface area contributed by atoms with Gasteiger partial charge in [-0.25, -0.2) is 4.79 Å². The minimum Gasteiger partial charge on any atom is -0.479 e. The predicted molar refractivity (Wildman–Crippen MR) is 88.0 cm³/mol. The Hall–Kier alpha value is -3.73. The number of carboxylic acid groups (broad SMARTS) is 1. The highest BCUT2D eigenvalue weighted by atomic mass is 16.6. The van der Waals surface area contributed by atoms with E-state index in [1.807, 2.05) is 0 Å². The maximum Gasteiger partial charge on any atom is 0.330 e. The van der Waals surface area contributed by atoms with Crippen molar-refractivity contribution in [1.82, 2.24) is 0 Å². The number of rotatable bonds is 7. The summed E-state index contributed by atoms with van der Waals surface area (Å²) in [6, 6.07) is 8.42. The fourth-order valence-electron chi connectivity index (χ4n) is 2.20. The van der Waals surface area contributed by atoms with Gasteiger partial charge in [0.2, 0.25) is 0 Å². The fraction of sp³-hybridized carbons (Fsp3) is 0.0714. The summed E-state index contributed by atoms with van der Waals surface area (Å²) in [5.74, 6) is 3.94. The molecule has 2 rings (SSSR count). The van der Waals surface area contributed by atoms with Crippen LogP contribution in [0.15, 0.2) is 42.5 Å². The number of nitrogens with one attached hydrogen (secondary N) is 2. The van der Waals surface area contributed by atoms with Crippen molar-refractivity contribution in [3.8, 4) is 0 Å². The molecule has 0 heterocycles. The number of nitrogens with two attached hydrogens (primary N) is 1. The maximum atomic E-state index is 11.5. The number of hydrogen-bond donors (Lipinski definition) is 4. The van der Waals surface area contributed by atoms with Crippen molar-refractivity contribution in [2.45, 2.75) is 6.04 Å². The van der Waals surface area contributed by atoms with Crippen molar-refractivity contribution in [3.63, 3.8) is 0 Å². The number of nitro groups is 2. The Morgan fingerprint density at radius 3 is 2.08 bits per heavy atom. The standard InChI is InChI=1S/C14H13N5O6/c15-17-10-6-9(11(18(22)23)7-12(10)19(24)25)16-13(14(20)21)8-4-2-1-3-5-8/h1-7,13,16-17H,15H2,(H,20,21)/t13-/m0/s1. The van der Waals surface area contributed by atoms with Crippen LogP contribution in [0.4, 0.5) is 22.7 Å². The summed E-state index contributed by atoms with van der Waals surface area (Å²) in [7, 11) is 0. The third-order valence-corrected chi connectivity index (χ3v) is 3.34. The molecule has 0 radical (unpaired) electrons. The van der Waals surface area contributed by atoms with E-state index < -0.39 is 33.2 Å². The second-order valence-corrected chi connectivity index (χ2v) is 4.87. The number of hydrazine groups is 1. The summed E-state index contributed by atoms with van der Waals surface area (Å²) >= 11 is 0. The predicted octanol–water partition coefficient (Wildman–Crippen LogP) is 2.03. The molecule has 0 aliphatic carbocycles. The molecular formula is C14H13N5O6. The van der Waals surface area contributed by atoms with Crippen LogP contribution in [0.3, 0.4) is 0 Å². The number of anilines is 2. The van der Waals surface area contributed by atoms with Crippen LogP contribution >= 0.6 is 0 Å². The van der Waals surface area contributed by atoms with Gasteiger partial charge in [0.25, 0.3) is 5.69 Å². The van der Waals surface area contributed by atoms with Crippen molar-refractivity contribution in [2.24, 2.45) is 5.84 Å². The number of nitrogen functional groups attached to an aromatic ring is 1. The van der Waals surface area contributed by atoms with Gasteiger partial charge < -0.3 is 15.8 Å². The summed E-state index contributed by atoms with van der Waals surface area (Å²) in [6.45, 7) is 0. The van der Waals surface area contributed by atoms with Crippen molar-refractivity contribution in [1.29, 1.82) is 0 Å². The van der Waals surface area contributed by atoms with E-state index in [4.69, 9.17) is 5.84 Å². The first-order valence-corrected chi connectivity index (χ1v) is 6.83. The van der Waals surface area contributed by atoms with Crippen LogP contribution in [0.5, 0.6) is 0 Å². The molecule has 11 nitrogen and oxygen atoms in total. The Balaban J connectivity index is 2.54. The third-order valence-electron chi connectivity index (χ3n) is 3.34. The molecule has 130 valence electrons. The number of nitro benzene ring substituents is 2. The lowest BCUT2D eigenvalue weighted by Gasteiger charge is -2.17. The number of aliphatic carboxylic acids is 1. The molecule has 0 aromatic heterocycles. The SMILES string of the molecule is NNc1cc(N[C@H](C(=O)O)c2ccccc2)c([N+](=O)[O-])cc1[N+](=O)[O-]. The number of nitrogens with zero attached hydrogens (tertiary/aromatic N) is 2. The first kappa shape index (κ1) is 17.6. The first-order valence-electron chi connectivity index (χ1n) is 6.83. The number of carboxylic acids is 1. The minimum atomic E-state index is -1.30. The normalized spacial score (nSPS) is 11.4. The zero-order chi connectivity index (χ0) is 18.6. The summed E-state index contributed by atoms with van der Waals surface area (Å²) in [6.07, 6.45) is 0. The van der Waals surface area contributed by atoms with Crippen molar-refractivity contribution in [2.75, 3.05) is 10.7 Å². The molecule has 0 amide bonds. The maximum absolute atomic E-state index is 11.5. The van der Waals surface area contributed by atoms with Crippen LogP contribution in [0, 0.1) is 20.2 Å². The Morgan fingerprint density at radius 1 is 1.04 bits per heavy atom. The quantitative estimate of drug-likeness (QED) is 0.332. The Kier molecular flexibility index (Phi) is 5.09. The number of carbonyl (C=O) groups is 1. The van der Waals surface area contributed by atoms with E-state index in [0.717, 1.165) is 6.07 Å². The molecule has 0 fully saturated rings. The summed E-state index contributed by atoms with van der Waals surface area (Å²) in [4.78, 5) is 32.1. The summed E-state index contributed by atoms with van der Waals surface area (Å²) in [5, 5.41) is 34.2. The van der Waals surface area contributed by atoms with E-state index in [1.165, 1.54) is 12.1 Å². The molecule has 0 spiro atoms. The van der Waals surface area contributed by atoms with E-state index in [-0.39, 0.29) is 11.4 Å². The van der Waals surface area contributed by atoms with Gasteiger partial charge in [-0.05, 0) is 11.6 Å². The van der Waals surface area contributed by atoms with Crippen molar-refractivity contribution in [3.05, 3.63) is 68.3 Å². The van der Waals surface area contributed by atoms with Gasteiger partial charge in [-0.1, -0.05) is 30.3 Å². The zero-order valence-electron chi connectivity index (χ0n) is 12.6. The van der Waals surface area contributed by atoms with Gasteiger partial charge in [0.1, 0.15) is 11.4 Å². The molecule has 0 bridgehead atoms. The molecule has 5 N–H and O–H groups in total. The Labute approximate surface area is 140 Å². The minimum absolute atomic E-state index is 0.199. The summed E-state index contributed by atoms with van der Waals surface area (Å²) < 4.78 is 0. The molecular weight excluding hydrogens is 334 g/mol. The lowest BCUT2D eigenvalue weighted by atomic mass is 10.1. The molecule has 11 heteroatoms. The van der Waals surface area contributed by atoms with Crippen LogP contribution in [0.2, 0.25) is 0 Å².